The molecule has 2 amide bonds. The SMILES string of the molecule is CN=C(N)NCOCN[C@H]1CCN([C@@H]2C[C@H](SC3=C(C(=O)OC(=O)c4ccc([N+](=O)[O-])cc4)N4C(=O)[C@H]([C@@H](C)O)[C@H]4[C@H]3C)CN2C)C(=O)C1. The summed E-state index contributed by atoms with van der Waals surface area (Å²) in [5, 5.41) is 27.3. The first-order valence-electron chi connectivity index (χ1n) is 16.0. The molecule has 0 bridgehead atoms. The molecule has 4 aliphatic rings. The van der Waals surface area contributed by atoms with Gasteiger partial charge in [-0.2, -0.15) is 0 Å². The van der Waals surface area contributed by atoms with Gasteiger partial charge in [0.2, 0.25) is 11.8 Å². The van der Waals surface area contributed by atoms with Gasteiger partial charge in [-0.05, 0) is 38.9 Å². The molecule has 3 saturated heterocycles. The van der Waals surface area contributed by atoms with Crippen molar-refractivity contribution in [2.75, 3.05) is 40.6 Å². The van der Waals surface area contributed by atoms with Crippen molar-refractivity contribution in [3.63, 3.8) is 0 Å². The Kier molecular flexibility index (Phi) is 11.2. The fourth-order valence-corrected chi connectivity index (χ4v) is 8.50. The van der Waals surface area contributed by atoms with Crippen LogP contribution in [0.25, 0.3) is 0 Å². The van der Waals surface area contributed by atoms with Crippen LogP contribution in [0.5, 0.6) is 0 Å². The van der Waals surface area contributed by atoms with Gasteiger partial charge >= 0.3 is 11.9 Å². The number of benzene rings is 1. The highest BCUT2D eigenvalue weighted by molar-refractivity contribution is 8.03. The van der Waals surface area contributed by atoms with Gasteiger partial charge in [-0.25, -0.2) is 9.59 Å². The number of β-lactam (4-membered cyclic amide) rings is 1. The lowest BCUT2D eigenvalue weighted by atomic mass is 9.79. The number of hydrogen-bond donors (Lipinski definition) is 4. The van der Waals surface area contributed by atoms with E-state index in [1.54, 1.807) is 7.05 Å². The molecule has 1 aromatic rings. The van der Waals surface area contributed by atoms with E-state index in [1.165, 1.54) is 35.7 Å². The van der Waals surface area contributed by atoms with Gasteiger partial charge < -0.3 is 35.4 Å². The summed E-state index contributed by atoms with van der Waals surface area (Å²) >= 11 is 1.43. The molecule has 18 heteroatoms. The van der Waals surface area contributed by atoms with Gasteiger partial charge in [0.1, 0.15) is 12.4 Å². The minimum absolute atomic E-state index is 0.0173. The Bertz CT molecular complexity index is 1540. The van der Waals surface area contributed by atoms with E-state index in [0.717, 1.165) is 18.6 Å². The Balaban J connectivity index is 1.24. The number of guanidine groups is 1. The second kappa shape index (κ2) is 15.2. The van der Waals surface area contributed by atoms with Crippen molar-refractivity contribution < 1.29 is 38.7 Å². The number of nitrogens with zero attached hydrogens (tertiary/aromatic N) is 5. The molecule has 4 heterocycles. The van der Waals surface area contributed by atoms with Crippen LogP contribution in [-0.4, -0.2) is 125 Å². The minimum Gasteiger partial charge on any atom is -0.393 e. The number of carbonyl (C=O) groups is 4. The number of nitro benzene ring substituents is 1. The van der Waals surface area contributed by atoms with Crippen LogP contribution >= 0.6 is 11.8 Å². The third-order valence-corrected chi connectivity index (χ3v) is 11.0. The van der Waals surface area contributed by atoms with E-state index in [0.29, 0.717) is 30.8 Å². The molecule has 17 nitrogen and oxygen atoms in total. The number of nitrogens with one attached hydrogen (secondary N) is 2. The smallest absolute Gasteiger partial charge is 0.363 e. The number of aliphatic hydroxyl groups excluding tert-OH is 1. The molecule has 0 unspecified atom stereocenters. The summed E-state index contributed by atoms with van der Waals surface area (Å²) in [5.74, 6) is -3.19. The normalized spacial score (nSPS) is 28.0. The van der Waals surface area contributed by atoms with Crippen LogP contribution in [0.3, 0.4) is 0 Å². The topological polar surface area (TPSA) is 222 Å². The molecule has 3 fully saturated rings. The van der Waals surface area contributed by atoms with E-state index >= 15 is 0 Å². The van der Waals surface area contributed by atoms with Gasteiger partial charge in [0.15, 0.2) is 5.96 Å². The average Bonchev–Trinajstić information content (AvgIpc) is 3.54. The molecule has 4 aliphatic heterocycles. The predicted molar refractivity (Wildman–Crippen MR) is 177 cm³/mol. The number of carbonyl (C=O) groups excluding carboxylic acids is 4. The van der Waals surface area contributed by atoms with Gasteiger partial charge in [-0.15, -0.1) is 11.8 Å². The third kappa shape index (κ3) is 7.57. The Labute approximate surface area is 287 Å². The molecule has 49 heavy (non-hydrogen) atoms. The highest BCUT2D eigenvalue weighted by Gasteiger charge is 2.60. The van der Waals surface area contributed by atoms with Crippen LogP contribution in [0.2, 0.25) is 0 Å². The van der Waals surface area contributed by atoms with Gasteiger partial charge in [-0.3, -0.25) is 34.9 Å². The van der Waals surface area contributed by atoms with Crippen LogP contribution in [0.15, 0.2) is 39.9 Å². The quantitative estimate of drug-likeness (QED) is 0.0262. The Morgan fingerprint density at radius 1 is 1.22 bits per heavy atom. The predicted octanol–water partition coefficient (Wildman–Crippen LogP) is 0.157. The number of non-ortho nitro benzene ring substituents is 1. The number of fused-ring (bicyclic) bond motifs is 1. The van der Waals surface area contributed by atoms with Crippen molar-refractivity contribution in [3.8, 4) is 0 Å². The zero-order chi connectivity index (χ0) is 35.6. The van der Waals surface area contributed by atoms with Crippen molar-refractivity contribution in [1.82, 2.24) is 25.3 Å². The summed E-state index contributed by atoms with van der Waals surface area (Å²) in [7, 11) is 3.51. The van der Waals surface area contributed by atoms with Gasteiger partial charge in [0.05, 0.1) is 41.4 Å². The molecular formula is C31H42N8O9S. The summed E-state index contributed by atoms with van der Waals surface area (Å²) in [6.45, 7) is 5.00. The summed E-state index contributed by atoms with van der Waals surface area (Å²) in [6.07, 6.45) is 0.561. The van der Waals surface area contributed by atoms with E-state index in [4.69, 9.17) is 15.2 Å². The summed E-state index contributed by atoms with van der Waals surface area (Å²) in [5.41, 5.74) is 5.26. The number of piperidine rings is 1. The molecule has 1 aromatic carbocycles. The average molecular weight is 703 g/mol. The van der Waals surface area contributed by atoms with Crippen molar-refractivity contribution in [2.24, 2.45) is 22.6 Å². The van der Waals surface area contributed by atoms with E-state index in [1.807, 2.05) is 18.9 Å². The number of aliphatic hydroxyl groups is 1. The number of thioether (sulfide) groups is 1. The molecule has 0 aromatic heterocycles. The first kappa shape index (κ1) is 36.2. The van der Waals surface area contributed by atoms with Gasteiger partial charge in [-0.1, -0.05) is 6.92 Å². The van der Waals surface area contributed by atoms with Crippen molar-refractivity contribution in [1.29, 1.82) is 0 Å². The maximum atomic E-state index is 13.6. The second-order valence-corrected chi connectivity index (χ2v) is 13.9. The van der Waals surface area contributed by atoms with Crippen LogP contribution in [0, 0.1) is 22.0 Å². The first-order chi connectivity index (χ1) is 23.3. The Morgan fingerprint density at radius 3 is 2.57 bits per heavy atom. The molecular weight excluding hydrogens is 660 g/mol. The zero-order valence-electron chi connectivity index (χ0n) is 27.7. The number of hydrogen-bond acceptors (Lipinski definition) is 13. The van der Waals surface area contributed by atoms with E-state index in [2.05, 4.69) is 20.5 Å². The monoisotopic (exact) mass is 702 g/mol. The summed E-state index contributed by atoms with van der Waals surface area (Å²) in [4.78, 5) is 73.0. The fourth-order valence-electron chi connectivity index (χ4n) is 6.91. The number of ether oxygens (including phenoxy) is 2. The third-order valence-electron chi connectivity index (χ3n) is 9.46. The van der Waals surface area contributed by atoms with Gasteiger partial charge in [0.25, 0.3) is 5.69 Å². The molecule has 0 radical (unpaired) electrons. The molecule has 0 spiro atoms. The van der Waals surface area contributed by atoms with Crippen LogP contribution in [0.4, 0.5) is 5.69 Å². The first-order valence-corrected chi connectivity index (χ1v) is 16.9. The van der Waals surface area contributed by atoms with Crippen molar-refractivity contribution in [3.05, 3.63) is 50.5 Å². The highest BCUT2D eigenvalue weighted by atomic mass is 32.2. The van der Waals surface area contributed by atoms with Crippen molar-refractivity contribution >= 4 is 47.2 Å². The minimum atomic E-state index is -1.01. The standard InChI is InChI=1S/C31H42N8O9S/c1-16-25-24(17(2)40)28(42)38(25)26(30(44)48-29(43)18-5-7-20(8-6-18)39(45)46)27(16)49-21-12-22(36(4)13-21)37-10-9-19(11-23(37)41)34-14-47-15-35-31(32)33-3/h5-8,16-17,19,21-22,24-25,34,40H,9-15H2,1-4H3,(H3,32,33,35)/t16-,17-,19+,21+,22-,24-,25-/m1/s1. The number of amides is 2. The molecule has 266 valence electrons. The number of rotatable bonds is 12. The molecule has 0 aliphatic carbocycles. The highest BCUT2D eigenvalue weighted by Crippen LogP contribution is 2.52. The van der Waals surface area contributed by atoms with Crippen LogP contribution in [0.1, 0.15) is 43.5 Å². The lowest BCUT2D eigenvalue weighted by Crippen LogP contribution is -2.63. The lowest BCUT2D eigenvalue weighted by Gasteiger charge is -2.46. The molecule has 5 N–H and O–H groups in total. The molecule has 5 rings (SSSR count). The van der Waals surface area contributed by atoms with E-state index < -0.39 is 40.8 Å². The Morgan fingerprint density at radius 2 is 1.94 bits per heavy atom. The number of esters is 2. The van der Waals surface area contributed by atoms with Gasteiger partial charge in [0, 0.05) is 60.8 Å². The van der Waals surface area contributed by atoms with Crippen LogP contribution < -0.4 is 16.4 Å². The number of aliphatic imine (C=N–C) groups is 1. The molecule has 7 atom stereocenters. The zero-order valence-corrected chi connectivity index (χ0v) is 28.6. The maximum absolute atomic E-state index is 13.6. The summed E-state index contributed by atoms with van der Waals surface area (Å²) < 4.78 is 10.7. The molecule has 0 saturated carbocycles. The number of likely N-dealkylation sites (tertiary alicyclic amines) is 2. The summed E-state index contributed by atoms with van der Waals surface area (Å²) in [6, 6.07) is 4.13. The maximum Gasteiger partial charge on any atom is 0.363 e. The Hall–Kier alpha value is -4.10. The van der Waals surface area contributed by atoms with Crippen LogP contribution in [-0.2, 0) is 23.9 Å². The van der Waals surface area contributed by atoms with E-state index in [-0.39, 0.29) is 65.7 Å². The lowest BCUT2D eigenvalue weighted by molar-refractivity contribution is -0.384. The second-order valence-electron chi connectivity index (χ2n) is 12.6. The number of nitrogens with two attached hydrogens (primary N) is 1. The van der Waals surface area contributed by atoms with E-state index in [9.17, 15) is 34.4 Å². The largest absolute Gasteiger partial charge is 0.393 e. The fraction of sp³-hybridized carbons (Fsp3) is 0.581. The van der Waals surface area contributed by atoms with Crippen molar-refractivity contribution in [2.45, 2.75) is 62.7 Å². The number of nitro groups is 1.